The summed E-state index contributed by atoms with van der Waals surface area (Å²) in [5.74, 6) is -0.232. The van der Waals surface area contributed by atoms with Gasteiger partial charge in [0, 0.05) is 10.8 Å². The number of halogens is 2. The molecule has 4 heteroatoms. The molecule has 0 atom stereocenters. The van der Waals surface area contributed by atoms with E-state index in [0.717, 1.165) is 12.8 Å². The fraction of sp³-hybridized carbons (Fsp3) is 0.400. The molecule has 0 N–H and O–H groups in total. The zero-order chi connectivity index (χ0) is 17.3. The summed E-state index contributed by atoms with van der Waals surface area (Å²) in [5, 5.41) is 1.16. The molecule has 1 heterocycles. The third-order valence-corrected chi connectivity index (χ3v) is 4.30. The molecule has 0 saturated heterocycles. The molecular weight excluding hydrogens is 310 g/mol. The molecule has 24 heavy (non-hydrogen) atoms. The monoisotopic (exact) mass is 332 g/mol. The minimum Gasteiger partial charge on any atom is -0.490 e. The molecule has 2 aromatic carbocycles. The summed E-state index contributed by atoms with van der Waals surface area (Å²) in [6.07, 6.45) is 2.45. The molecule has 0 aliphatic carbocycles. The number of fused-ring (bicyclic) bond motifs is 3. The van der Waals surface area contributed by atoms with Crippen LogP contribution in [0.4, 0.5) is 8.78 Å². The van der Waals surface area contributed by atoms with Crippen molar-refractivity contribution in [3.63, 3.8) is 0 Å². The molecular formula is C20H22F2O2. The molecule has 128 valence electrons. The molecule has 1 aromatic heterocycles. The molecule has 0 spiro atoms. The van der Waals surface area contributed by atoms with Crippen LogP contribution < -0.4 is 4.74 Å². The minimum absolute atomic E-state index is 0.0542. The Morgan fingerprint density at radius 1 is 1.00 bits per heavy atom. The Morgan fingerprint density at radius 3 is 2.33 bits per heavy atom. The van der Waals surface area contributed by atoms with Crippen molar-refractivity contribution in [1.82, 2.24) is 0 Å². The van der Waals surface area contributed by atoms with E-state index in [1.54, 1.807) is 24.3 Å². The third kappa shape index (κ3) is 2.97. The fourth-order valence-electron chi connectivity index (χ4n) is 2.92. The SMILES string of the molecule is CCc1ccc2c(oc3c(F)c(OCCCC(C)C)ccc32)c1F. The molecule has 0 fully saturated rings. The highest BCUT2D eigenvalue weighted by Gasteiger charge is 2.19. The van der Waals surface area contributed by atoms with Gasteiger partial charge in [-0.05, 0) is 48.9 Å². The Kier molecular flexibility index (Phi) is 4.74. The van der Waals surface area contributed by atoms with Gasteiger partial charge in [0.25, 0.3) is 0 Å². The van der Waals surface area contributed by atoms with Crippen LogP contribution in [0.25, 0.3) is 21.9 Å². The summed E-state index contributed by atoms with van der Waals surface area (Å²) >= 11 is 0. The minimum atomic E-state index is -0.564. The predicted octanol–water partition coefficient (Wildman–Crippen LogP) is 6.24. The van der Waals surface area contributed by atoms with Gasteiger partial charge in [0.2, 0.25) is 5.82 Å². The Labute approximate surface area is 140 Å². The lowest BCUT2D eigenvalue weighted by Gasteiger charge is -2.08. The van der Waals surface area contributed by atoms with E-state index in [-0.39, 0.29) is 16.9 Å². The fourth-order valence-corrected chi connectivity index (χ4v) is 2.92. The van der Waals surface area contributed by atoms with Gasteiger partial charge in [-0.1, -0.05) is 26.8 Å². The summed E-state index contributed by atoms with van der Waals surface area (Å²) in [6, 6.07) is 6.83. The number of hydrogen-bond acceptors (Lipinski definition) is 2. The van der Waals surface area contributed by atoms with Crippen LogP contribution in [0.2, 0.25) is 0 Å². The zero-order valence-electron chi connectivity index (χ0n) is 14.3. The Bertz CT molecular complexity index is 865. The average molecular weight is 332 g/mol. The second kappa shape index (κ2) is 6.80. The van der Waals surface area contributed by atoms with Crippen LogP contribution in [0.1, 0.15) is 39.2 Å². The van der Waals surface area contributed by atoms with Gasteiger partial charge >= 0.3 is 0 Å². The van der Waals surface area contributed by atoms with Gasteiger partial charge in [0.05, 0.1) is 6.61 Å². The van der Waals surface area contributed by atoms with Gasteiger partial charge in [-0.15, -0.1) is 0 Å². The Balaban J connectivity index is 1.96. The third-order valence-electron chi connectivity index (χ3n) is 4.30. The number of hydrogen-bond donors (Lipinski definition) is 0. The van der Waals surface area contributed by atoms with Gasteiger partial charge < -0.3 is 9.15 Å². The van der Waals surface area contributed by atoms with E-state index < -0.39 is 11.6 Å². The van der Waals surface area contributed by atoms with Gasteiger partial charge in [0.15, 0.2) is 22.7 Å². The largest absolute Gasteiger partial charge is 0.490 e. The lowest BCUT2D eigenvalue weighted by Crippen LogP contribution is -2.01. The first-order valence-corrected chi connectivity index (χ1v) is 8.47. The Hall–Kier alpha value is -2.10. The molecule has 0 bridgehead atoms. The van der Waals surface area contributed by atoms with Crippen LogP contribution >= 0.6 is 0 Å². The molecule has 3 aromatic rings. The maximum atomic E-state index is 14.7. The van der Waals surface area contributed by atoms with Crippen molar-refractivity contribution in [2.45, 2.75) is 40.0 Å². The smallest absolute Gasteiger partial charge is 0.208 e. The highest BCUT2D eigenvalue weighted by molar-refractivity contribution is 6.05. The average Bonchev–Trinajstić information content (AvgIpc) is 2.94. The summed E-state index contributed by atoms with van der Waals surface area (Å²) in [7, 11) is 0. The number of aryl methyl sites for hydroxylation is 1. The molecule has 0 amide bonds. The number of benzene rings is 2. The van der Waals surface area contributed by atoms with Crippen molar-refractivity contribution >= 4 is 21.9 Å². The lowest BCUT2D eigenvalue weighted by atomic mass is 10.1. The van der Waals surface area contributed by atoms with Crippen LogP contribution in [-0.2, 0) is 6.42 Å². The van der Waals surface area contributed by atoms with E-state index >= 15 is 0 Å². The molecule has 2 nitrogen and oxygen atoms in total. The van der Waals surface area contributed by atoms with E-state index in [2.05, 4.69) is 13.8 Å². The highest BCUT2D eigenvalue weighted by atomic mass is 19.1. The Morgan fingerprint density at radius 2 is 1.67 bits per heavy atom. The molecule has 0 aliphatic rings. The van der Waals surface area contributed by atoms with Crippen molar-refractivity contribution in [3.05, 3.63) is 41.5 Å². The standard InChI is InChI=1S/C20H22F2O2/c1-4-13-7-8-14-15-9-10-16(23-11-5-6-12(2)3)18(22)20(15)24-19(14)17(13)21/h7-10,12H,4-6,11H2,1-3H3. The number of rotatable bonds is 6. The van der Waals surface area contributed by atoms with E-state index in [4.69, 9.17) is 9.15 Å². The van der Waals surface area contributed by atoms with Gasteiger partial charge in [-0.2, -0.15) is 4.39 Å². The molecule has 0 unspecified atom stereocenters. The number of ether oxygens (including phenoxy) is 1. The van der Waals surface area contributed by atoms with Gasteiger partial charge in [-0.3, -0.25) is 0 Å². The van der Waals surface area contributed by atoms with Crippen molar-refractivity contribution in [1.29, 1.82) is 0 Å². The number of furan rings is 1. The first kappa shape index (κ1) is 16.7. The van der Waals surface area contributed by atoms with Crippen molar-refractivity contribution in [2.24, 2.45) is 5.92 Å². The maximum Gasteiger partial charge on any atom is 0.208 e. The van der Waals surface area contributed by atoms with Crippen molar-refractivity contribution in [2.75, 3.05) is 6.61 Å². The van der Waals surface area contributed by atoms with E-state index in [0.29, 0.717) is 35.3 Å². The van der Waals surface area contributed by atoms with Crippen LogP contribution in [0.15, 0.2) is 28.7 Å². The molecule has 0 aliphatic heterocycles. The molecule has 3 rings (SSSR count). The van der Waals surface area contributed by atoms with Crippen molar-refractivity contribution in [3.8, 4) is 5.75 Å². The van der Waals surface area contributed by atoms with Gasteiger partial charge in [0.1, 0.15) is 0 Å². The molecule has 0 saturated carbocycles. The molecule has 0 radical (unpaired) electrons. The summed E-state index contributed by atoms with van der Waals surface area (Å²) in [6.45, 7) is 6.60. The quantitative estimate of drug-likeness (QED) is 0.498. The predicted molar refractivity (Wildman–Crippen MR) is 92.6 cm³/mol. The van der Waals surface area contributed by atoms with E-state index in [9.17, 15) is 8.78 Å². The van der Waals surface area contributed by atoms with Crippen LogP contribution in [0, 0.1) is 17.6 Å². The van der Waals surface area contributed by atoms with Crippen LogP contribution in [0.3, 0.4) is 0 Å². The summed E-state index contributed by atoms with van der Waals surface area (Å²) in [4.78, 5) is 0. The van der Waals surface area contributed by atoms with Crippen LogP contribution in [0.5, 0.6) is 5.75 Å². The maximum absolute atomic E-state index is 14.7. The first-order chi connectivity index (χ1) is 11.5. The van der Waals surface area contributed by atoms with Crippen LogP contribution in [-0.4, -0.2) is 6.61 Å². The van der Waals surface area contributed by atoms with E-state index in [1.807, 2.05) is 6.92 Å². The highest BCUT2D eigenvalue weighted by Crippen LogP contribution is 2.36. The summed E-state index contributed by atoms with van der Waals surface area (Å²) in [5.41, 5.74) is 0.728. The first-order valence-electron chi connectivity index (χ1n) is 8.47. The topological polar surface area (TPSA) is 22.4 Å². The summed E-state index contributed by atoms with van der Waals surface area (Å²) < 4.78 is 40.1. The van der Waals surface area contributed by atoms with Gasteiger partial charge in [-0.25, -0.2) is 4.39 Å². The second-order valence-electron chi connectivity index (χ2n) is 6.51. The lowest BCUT2D eigenvalue weighted by molar-refractivity contribution is 0.284. The van der Waals surface area contributed by atoms with E-state index in [1.165, 1.54) is 0 Å². The normalized spacial score (nSPS) is 11.8. The zero-order valence-corrected chi connectivity index (χ0v) is 14.3. The van der Waals surface area contributed by atoms with Crippen molar-refractivity contribution < 1.29 is 17.9 Å². The second-order valence-corrected chi connectivity index (χ2v) is 6.51.